The normalized spacial score (nSPS) is 12.7. The highest BCUT2D eigenvalue weighted by molar-refractivity contribution is 5.10. The topological polar surface area (TPSA) is 24.9 Å². The molecule has 3 heteroatoms. The molecule has 0 aliphatic carbocycles. The van der Waals surface area contributed by atoms with Gasteiger partial charge in [0.05, 0.1) is 6.20 Å². The van der Waals surface area contributed by atoms with E-state index < -0.39 is 0 Å². The van der Waals surface area contributed by atoms with Gasteiger partial charge in [0.25, 0.3) is 0 Å². The number of hydrogen-bond donors (Lipinski definition) is 1. The fourth-order valence-corrected chi connectivity index (χ4v) is 1.71. The summed E-state index contributed by atoms with van der Waals surface area (Å²) in [7, 11) is 1.98. The van der Waals surface area contributed by atoms with E-state index in [-0.39, 0.29) is 5.82 Å². The molecule has 1 atom stereocenters. The molecule has 0 spiro atoms. The molecular formula is C12H19FN2. The van der Waals surface area contributed by atoms with Gasteiger partial charge in [-0.2, -0.15) is 0 Å². The fourth-order valence-electron chi connectivity index (χ4n) is 1.71. The number of aryl methyl sites for hydroxylation is 1. The van der Waals surface area contributed by atoms with Gasteiger partial charge in [0.1, 0.15) is 5.82 Å². The van der Waals surface area contributed by atoms with E-state index >= 15 is 0 Å². The number of rotatable bonds is 6. The monoisotopic (exact) mass is 210 g/mol. The van der Waals surface area contributed by atoms with E-state index in [1.54, 1.807) is 12.3 Å². The Hall–Kier alpha value is -0.960. The second-order valence-corrected chi connectivity index (χ2v) is 3.82. The molecule has 1 N–H and O–H groups in total. The van der Waals surface area contributed by atoms with Crippen molar-refractivity contribution in [1.82, 2.24) is 10.3 Å². The maximum atomic E-state index is 12.8. The minimum Gasteiger partial charge on any atom is -0.317 e. The molecule has 2 nitrogen and oxygen atoms in total. The van der Waals surface area contributed by atoms with E-state index in [1.165, 1.54) is 19.0 Å². The van der Waals surface area contributed by atoms with Crippen molar-refractivity contribution in [3.63, 3.8) is 0 Å². The molecule has 84 valence electrons. The molecule has 0 fully saturated rings. The van der Waals surface area contributed by atoms with Crippen molar-refractivity contribution in [2.75, 3.05) is 7.05 Å². The molecule has 0 saturated heterocycles. The third-order valence-corrected chi connectivity index (χ3v) is 2.59. The summed E-state index contributed by atoms with van der Waals surface area (Å²) in [4.78, 5) is 3.84. The molecule has 1 aromatic rings. The summed E-state index contributed by atoms with van der Waals surface area (Å²) in [6, 6.07) is 2.09. The third kappa shape index (κ3) is 4.38. The Labute approximate surface area is 90.9 Å². The first-order valence-electron chi connectivity index (χ1n) is 5.53. The molecule has 0 bridgehead atoms. The quantitative estimate of drug-likeness (QED) is 0.780. The summed E-state index contributed by atoms with van der Waals surface area (Å²) in [5.74, 6) is -0.246. The molecule has 0 amide bonds. The second-order valence-electron chi connectivity index (χ2n) is 3.82. The lowest BCUT2D eigenvalue weighted by atomic mass is 10.0. The summed E-state index contributed by atoms with van der Waals surface area (Å²) >= 11 is 0. The van der Waals surface area contributed by atoms with Gasteiger partial charge in [-0.05, 0) is 37.9 Å². The van der Waals surface area contributed by atoms with Crippen molar-refractivity contribution < 1.29 is 4.39 Å². The zero-order chi connectivity index (χ0) is 11.1. The maximum absolute atomic E-state index is 12.8. The highest BCUT2D eigenvalue weighted by Crippen LogP contribution is 2.08. The van der Waals surface area contributed by atoms with Crippen LogP contribution in [0.2, 0.25) is 0 Å². The maximum Gasteiger partial charge on any atom is 0.141 e. The molecule has 15 heavy (non-hydrogen) atoms. The van der Waals surface area contributed by atoms with Gasteiger partial charge in [0.2, 0.25) is 0 Å². The number of aromatic nitrogens is 1. The van der Waals surface area contributed by atoms with Crippen molar-refractivity contribution in [3.05, 3.63) is 29.8 Å². The Kier molecular flexibility index (Phi) is 5.26. The Morgan fingerprint density at radius 1 is 1.40 bits per heavy atom. The smallest absolute Gasteiger partial charge is 0.141 e. The molecule has 0 aliphatic rings. The van der Waals surface area contributed by atoms with Crippen LogP contribution in [0, 0.1) is 5.82 Å². The largest absolute Gasteiger partial charge is 0.317 e. The highest BCUT2D eigenvalue weighted by Gasteiger charge is 2.05. The molecular weight excluding hydrogens is 191 g/mol. The number of pyridine rings is 1. The summed E-state index contributed by atoms with van der Waals surface area (Å²) in [6.07, 6.45) is 7.24. The summed E-state index contributed by atoms with van der Waals surface area (Å²) in [6.45, 7) is 2.17. The highest BCUT2D eigenvalue weighted by atomic mass is 19.1. The van der Waals surface area contributed by atoms with Gasteiger partial charge in [0.15, 0.2) is 0 Å². The van der Waals surface area contributed by atoms with Crippen LogP contribution < -0.4 is 5.32 Å². The molecule has 1 aromatic heterocycles. The minimum atomic E-state index is -0.246. The molecule has 0 aromatic carbocycles. The van der Waals surface area contributed by atoms with E-state index in [0.29, 0.717) is 6.04 Å². The van der Waals surface area contributed by atoms with E-state index in [1.807, 2.05) is 7.05 Å². The van der Waals surface area contributed by atoms with Crippen LogP contribution >= 0.6 is 0 Å². The summed E-state index contributed by atoms with van der Waals surface area (Å²) < 4.78 is 12.8. The number of nitrogens with zero attached hydrogens (tertiary/aromatic N) is 1. The van der Waals surface area contributed by atoms with E-state index in [0.717, 1.165) is 18.4 Å². The van der Waals surface area contributed by atoms with Crippen molar-refractivity contribution >= 4 is 0 Å². The molecule has 0 saturated carbocycles. The first-order chi connectivity index (χ1) is 7.26. The zero-order valence-electron chi connectivity index (χ0n) is 9.46. The summed E-state index contributed by atoms with van der Waals surface area (Å²) in [5.41, 5.74) is 0.978. The standard InChI is InChI=1S/C12H19FN2/c1-3-4-12(14-2)6-5-10-7-11(13)9-15-8-10/h7-9,12,14H,3-6H2,1-2H3. The van der Waals surface area contributed by atoms with Crippen LogP contribution in [0.4, 0.5) is 4.39 Å². The Balaban J connectivity index is 2.41. The average molecular weight is 210 g/mol. The SMILES string of the molecule is CCCC(CCc1cncc(F)c1)NC. The average Bonchev–Trinajstić information content (AvgIpc) is 2.24. The number of nitrogens with one attached hydrogen (secondary N) is 1. The van der Waals surface area contributed by atoms with Gasteiger partial charge in [0, 0.05) is 12.2 Å². The Morgan fingerprint density at radius 2 is 2.20 bits per heavy atom. The van der Waals surface area contributed by atoms with Crippen molar-refractivity contribution in [3.8, 4) is 0 Å². The lowest BCUT2D eigenvalue weighted by molar-refractivity contribution is 0.483. The van der Waals surface area contributed by atoms with Crippen LogP contribution in [-0.4, -0.2) is 18.1 Å². The van der Waals surface area contributed by atoms with Crippen LogP contribution in [-0.2, 0) is 6.42 Å². The van der Waals surface area contributed by atoms with Gasteiger partial charge in [-0.3, -0.25) is 4.98 Å². The molecule has 1 rings (SSSR count). The Morgan fingerprint density at radius 3 is 2.80 bits per heavy atom. The van der Waals surface area contributed by atoms with Crippen molar-refractivity contribution in [2.24, 2.45) is 0 Å². The first kappa shape index (κ1) is 12.1. The van der Waals surface area contributed by atoms with Gasteiger partial charge < -0.3 is 5.32 Å². The van der Waals surface area contributed by atoms with Crippen LogP contribution in [0.15, 0.2) is 18.5 Å². The summed E-state index contributed by atoms with van der Waals surface area (Å²) in [5, 5.41) is 3.27. The van der Waals surface area contributed by atoms with Gasteiger partial charge in [-0.25, -0.2) is 4.39 Å². The van der Waals surface area contributed by atoms with Gasteiger partial charge in [-0.15, -0.1) is 0 Å². The van der Waals surface area contributed by atoms with Crippen molar-refractivity contribution in [1.29, 1.82) is 0 Å². The predicted octanol–water partition coefficient (Wildman–Crippen LogP) is 2.54. The number of halogens is 1. The first-order valence-corrected chi connectivity index (χ1v) is 5.53. The minimum absolute atomic E-state index is 0.246. The lowest BCUT2D eigenvalue weighted by Crippen LogP contribution is -2.25. The zero-order valence-corrected chi connectivity index (χ0v) is 9.46. The number of hydrogen-bond acceptors (Lipinski definition) is 2. The molecule has 0 radical (unpaired) electrons. The van der Waals surface area contributed by atoms with E-state index in [2.05, 4.69) is 17.2 Å². The van der Waals surface area contributed by atoms with E-state index in [4.69, 9.17) is 0 Å². The third-order valence-electron chi connectivity index (χ3n) is 2.59. The Bertz CT molecular complexity index is 289. The van der Waals surface area contributed by atoms with Crippen LogP contribution in [0.1, 0.15) is 31.7 Å². The molecule has 1 heterocycles. The van der Waals surface area contributed by atoms with Gasteiger partial charge in [-0.1, -0.05) is 13.3 Å². The predicted molar refractivity (Wildman–Crippen MR) is 60.3 cm³/mol. The molecule has 0 aliphatic heterocycles. The van der Waals surface area contributed by atoms with Crippen LogP contribution in [0.5, 0.6) is 0 Å². The van der Waals surface area contributed by atoms with Gasteiger partial charge >= 0.3 is 0 Å². The van der Waals surface area contributed by atoms with Crippen molar-refractivity contribution in [2.45, 2.75) is 38.6 Å². The van der Waals surface area contributed by atoms with E-state index in [9.17, 15) is 4.39 Å². The lowest BCUT2D eigenvalue weighted by Gasteiger charge is -2.14. The van der Waals surface area contributed by atoms with Crippen LogP contribution in [0.3, 0.4) is 0 Å². The molecule has 1 unspecified atom stereocenters. The fraction of sp³-hybridized carbons (Fsp3) is 0.583. The van der Waals surface area contributed by atoms with Crippen LogP contribution in [0.25, 0.3) is 0 Å². The second kappa shape index (κ2) is 6.51.